The molecule has 22 heavy (non-hydrogen) atoms. The molecule has 0 aliphatic heterocycles. The molecular weight excluding hydrogens is 322 g/mol. The molecule has 0 radical (unpaired) electrons. The average Bonchev–Trinajstić information content (AvgIpc) is 2.40. The van der Waals surface area contributed by atoms with Crippen molar-refractivity contribution in [3.63, 3.8) is 0 Å². The van der Waals surface area contributed by atoms with Crippen LogP contribution in [0.15, 0.2) is 0 Å². The Morgan fingerprint density at radius 2 is 1.09 bits per heavy atom. The third-order valence-corrected chi connectivity index (χ3v) is 1.79. The van der Waals surface area contributed by atoms with E-state index in [9.17, 15) is 26.3 Å². The van der Waals surface area contributed by atoms with Gasteiger partial charge < -0.3 is 9.47 Å². The smallest absolute Gasteiger partial charge is 0.422 e. The van der Waals surface area contributed by atoms with Gasteiger partial charge in [-0.15, -0.1) is 0 Å². The summed E-state index contributed by atoms with van der Waals surface area (Å²) in [5, 5.41) is 17.3. The lowest BCUT2D eigenvalue weighted by Gasteiger charge is -2.13. The average molecular weight is 326 g/mol. The molecule has 118 valence electrons. The summed E-state index contributed by atoms with van der Waals surface area (Å²) in [4.78, 5) is 6.41. The monoisotopic (exact) mass is 326 g/mol. The van der Waals surface area contributed by atoms with Crippen molar-refractivity contribution in [2.45, 2.75) is 12.4 Å². The quantitative estimate of drug-likeness (QED) is 0.787. The van der Waals surface area contributed by atoms with E-state index in [0.717, 1.165) is 0 Å². The zero-order valence-corrected chi connectivity index (χ0v) is 10.3. The number of rotatable bonds is 4. The van der Waals surface area contributed by atoms with Crippen LogP contribution in [0.5, 0.6) is 11.8 Å². The van der Waals surface area contributed by atoms with Gasteiger partial charge in [0.15, 0.2) is 24.6 Å². The van der Waals surface area contributed by atoms with Crippen molar-refractivity contribution in [2.24, 2.45) is 0 Å². The van der Waals surface area contributed by atoms with Crippen LogP contribution in [0.2, 0.25) is 0 Å². The maximum atomic E-state index is 12.1. The molecule has 0 fully saturated rings. The first kappa shape index (κ1) is 17.3. The molecule has 0 saturated heterocycles. The van der Waals surface area contributed by atoms with Gasteiger partial charge in [-0.3, -0.25) is 0 Å². The second-order valence-electron chi connectivity index (χ2n) is 3.56. The van der Waals surface area contributed by atoms with Crippen molar-refractivity contribution in [2.75, 3.05) is 13.2 Å². The Labute approximate surface area is 118 Å². The molecule has 1 aromatic heterocycles. The fourth-order valence-electron chi connectivity index (χ4n) is 1.05. The van der Waals surface area contributed by atoms with E-state index in [4.69, 9.17) is 10.5 Å². The predicted octanol–water partition coefficient (Wildman–Crippen LogP) is 2.10. The van der Waals surface area contributed by atoms with Crippen molar-refractivity contribution in [3.8, 4) is 23.9 Å². The van der Waals surface area contributed by atoms with Gasteiger partial charge in [-0.05, 0) is 0 Å². The number of aromatic nitrogens is 2. The normalized spacial score (nSPS) is 11.5. The summed E-state index contributed by atoms with van der Waals surface area (Å²) in [6, 6.07) is 2.70. The molecule has 0 atom stereocenters. The first-order chi connectivity index (χ1) is 10.1. The molecule has 1 aromatic rings. The highest BCUT2D eigenvalue weighted by molar-refractivity contribution is 5.41. The van der Waals surface area contributed by atoms with Gasteiger partial charge in [-0.2, -0.15) is 46.8 Å². The maximum Gasteiger partial charge on any atom is 0.422 e. The molecule has 0 unspecified atom stereocenters. The van der Waals surface area contributed by atoms with Gasteiger partial charge in [0.25, 0.3) is 11.8 Å². The molecule has 0 aliphatic rings. The topological polar surface area (TPSA) is 91.8 Å². The van der Waals surface area contributed by atoms with Crippen LogP contribution in [0.25, 0.3) is 0 Å². The zero-order chi connectivity index (χ0) is 17.0. The van der Waals surface area contributed by atoms with E-state index in [1.807, 2.05) is 0 Å². The third kappa shape index (κ3) is 5.32. The second kappa shape index (κ2) is 6.34. The van der Waals surface area contributed by atoms with E-state index in [2.05, 4.69) is 19.4 Å². The fraction of sp³-hybridized carbons (Fsp3) is 0.400. The molecule has 6 nitrogen and oxygen atoms in total. The maximum absolute atomic E-state index is 12.1. The molecule has 0 aliphatic carbocycles. The van der Waals surface area contributed by atoms with Gasteiger partial charge in [-0.25, -0.2) is 0 Å². The highest BCUT2D eigenvalue weighted by Crippen LogP contribution is 2.27. The van der Waals surface area contributed by atoms with Crippen LogP contribution in [0.4, 0.5) is 26.3 Å². The largest absolute Gasteiger partial charge is 0.464 e. The lowest BCUT2D eigenvalue weighted by atomic mass is 10.3. The lowest BCUT2D eigenvalue weighted by molar-refractivity contribution is -0.159. The summed E-state index contributed by atoms with van der Waals surface area (Å²) in [6.07, 6.45) is -9.60. The van der Waals surface area contributed by atoms with Crippen LogP contribution in [0, 0.1) is 22.7 Å². The van der Waals surface area contributed by atoms with Crippen LogP contribution < -0.4 is 9.47 Å². The van der Waals surface area contributed by atoms with Crippen molar-refractivity contribution in [1.29, 1.82) is 10.5 Å². The molecule has 0 amide bonds. The number of nitriles is 2. The van der Waals surface area contributed by atoms with Crippen molar-refractivity contribution >= 4 is 0 Å². The molecule has 0 spiro atoms. The molecule has 1 rings (SSSR count). The van der Waals surface area contributed by atoms with Crippen molar-refractivity contribution in [1.82, 2.24) is 9.97 Å². The fourth-order valence-corrected chi connectivity index (χ4v) is 1.05. The Bertz CT molecular complexity index is 574. The summed E-state index contributed by atoms with van der Waals surface area (Å²) < 4.78 is 80.7. The Kier molecular flexibility index (Phi) is 4.98. The minimum atomic E-state index is -4.80. The van der Waals surface area contributed by atoms with Crippen LogP contribution in [0.1, 0.15) is 11.4 Å². The van der Waals surface area contributed by atoms with Crippen LogP contribution >= 0.6 is 0 Å². The van der Waals surface area contributed by atoms with Gasteiger partial charge in [0.2, 0.25) is 0 Å². The number of nitrogens with zero attached hydrogens (tertiary/aromatic N) is 4. The highest BCUT2D eigenvalue weighted by atomic mass is 19.4. The summed E-state index contributed by atoms with van der Waals surface area (Å²) >= 11 is 0. The zero-order valence-electron chi connectivity index (χ0n) is 10.3. The molecular formula is C10H4F6N4O2. The summed E-state index contributed by atoms with van der Waals surface area (Å²) in [5.41, 5.74) is -1.42. The molecule has 0 aromatic carbocycles. The van der Waals surface area contributed by atoms with E-state index in [1.54, 1.807) is 0 Å². The van der Waals surface area contributed by atoms with E-state index in [-0.39, 0.29) is 0 Å². The lowest BCUT2D eigenvalue weighted by Crippen LogP contribution is -2.23. The number of hydrogen-bond acceptors (Lipinski definition) is 6. The van der Waals surface area contributed by atoms with E-state index in [1.165, 1.54) is 12.1 Å². The number of ether oxygens (including phenoxy) is 2. The van der Waals surface area contributed by atoms with Gasteiger partial charge in [0.1, 0.15) is 12.1 Å². The molecule has 0 bridgehead atoms. The highest BCUT2D eigenvalue weighted by Gasteiger charge is 2.32. The van der Waals surface area contributed by atoms with Gasteiger partial charge in [-0.1, -0.05) is 0 Å². The molecule has 12 heteroatoms. The van der Waals surface area contributed by atoms with Crippen LogP contribution in [-0.2, 0) is 0 Å². The Morgan fingerprint density at radius 3 is 1.32 bits per heavy atom. The minimum absolute atomic E-state index is 0.709. The standard InChI is InChI=1S/C10H4F6N4O2/c11-9(12,13)3-21-7-8(22-4-10(14,15)16)20-6(2-18)5(1-17)19-7/h3-4H2. The van der Waals surface area contributed by atoms with Crippen molar-refractivity contribution in [3.05, 3.63) is 11.4 Å². The third-order valence-electron chi connectivity index (χ3n) is 1.79. The van der Waals surface area contributed by atoms with Crippen LogP contribution in [0.3, 0.4) is 0 Å². The van der Waals surface area contributed by atoms with Crippen molar-refractivity contribution < 1.29 is 35.8 Å². The van der Waals surface area contributed by atoms with E-state index >= 15 is 0 Å². The van der Waals surface area contributed by atoms with Gasteiger partial charge in [0.05, 0.1) is 0 Å². The summed E-state index contributed by atoms with van der Waals surface area (Å²) in [5.74, 6) is -2.14. The van der Waals surface area contributed by atoms with E-state index < -0.39 is 48.7 Å². The number of hydrogen-bond donors (Lipinski definition) is 0. The first-order valence-corrected chi connectivity index (χ1v) is 5.17. The predicted molar refractivity (Wildman–Crippen MR) is 54.6 cm³/mol. The summed E-state index contributed by atoms with van der Waals surface area (Å²) in [6.45, 7) is -3.78. The minimum Gasteiger partial charge on any atom is -0.464 e. The van der Waals surface area contributed by atoms with Gasteiger partial charge >= 0.3 is 12.4 Å². The Hall–Kier alpha value is -2.76. The first-order valence-electron chi connectivity index (χ1n) is 5.17. The molecule has 1 heterocycles. The Morgan fingerprint density at radius 1 is 0.773 bits per heavy atom. The molecule has 0 saturated carbocycles. The SMILES string of the molecule is N#Cc1nc(OCC(F)(F)F)c(OCC(F)(F)F)nc1C#N. The Balaban J connectivity index is 3.14. The summed E-state index contributed by atoms with van der Waals surface area (Å²) in [7, 11) is 0. The molecule has 0 N–H and O–H groups in total. The van der Waals surface area contributed by atoms with Crippen LogP contribution in [-0.4, -0.2) is 35.5 Å². The second-order valence-corrected chi connectivity index (χ2v) is 3.56. The van der Waals surface area contributed by atoms with Gasteiger partial charge in [0, 0.05) is 0 Å². The number of alkyl halides is 6. The van der Waals surface area contributed by atoms with E-state index in [0.29, 0.717) is 0 Å². The number of halogens is 6.